The quantitative estimate of drug-likeness (QED) is 0.897. The van der Waals surface area contributed by atoms with E-state index in [0.717, 1.165) is 0 Å². The molecule has 1 amide bonds. The van der Waals surface area contributed by atoms with E-state index in [9.17, 15) is 18.0 Å². The standard InChI is InChI=1S/C14H12ClF3N2O3/c1-8(23-10-4-2-3-9(15)5-10)6-19-13(21)11-7-22-20-12(11)14(16,17)18/h2-5,7-8H,6H2,1H3,(H,19,21). The Bertz CT molecular complexity index is 688. The minimum atomic E-state index is -4.76. The van der Waals surface area contributed by atoms with Crippen LogP contribution in [0.3, 0.4) is 0 Å². The van der Waals surface area contributed by atoms with Crippen LogP contribution in [0.15, 0.2) is 35.1 Å². The van der Waals surface area contributed by atoms with Crippen molar-refractivity contribution in [1.29, 1.82) is 0 Å². The average molecular weight is 349 g/mol. The molecule has 5 nitrogen and oxygen atoms in total. The molecule has 124 valence electrons. The first kappa shape index (κ1) is 17.1. The summed E-state index contributed by atoms with van der Waals surface area (Å²) in [4.78, 5) is 11.8. The van der Waals surface area contributed by atoms with Crippen molar-refractivity contribution in [1.82, 2.24) is 10.5 Å². The summed E-state index contributed by atoms with van der Waals surface area (Å²) in [5.74, 6) is -0.458. The molecule has 1 N–H and O–H groups in total. The Hall–Kier alpha value is -2.22. The molecule has 2 aromatic rings. The molecule has 0 radical (unpaired) electrons. The van der Waals surface area contributed by atoms with Crippen LogP contribution in [0.1, 0.15) is 23.0 Å². The van der Waals surface area contributed by atoms with Crippen LogP contribution >= 0.6 is 11.6 Å². The van der Waals surface area contributed by atoms with Gasteiger partial charge in [-0.05, 0) is 25.1 Å². The Morgan fingerprint density at radius 1 is 1.48 bits per heavy atom. The van der Waals surface area contributed by atoms with Gasteiger partial charge in [0.1, 0.15) is 23.7 Å². The van der Waals surface area contributed by atoms with Crippen molar-refractivity contribution >= 4 is 17.5 Å². The molecule has 23 heavy (non-hydrogen) atoms. The first-order valence-electron chi connectivity index (χ1n) is 6.49. The highest BCUT2D eigenvalue weighted by atomic mass is 35.5. The number of rotatable bonds is 5. The maximum Gasteiger partial charge on any atom is 0.437 e. The van der Waals surface area contributed by atoms with Gasteiger partial charge in [-0.25, -0.2) is 0 Å². The summed E-state index contributed by atoms with van der Waals surface area (Å²) in [5.41, 5.74) is -2.04. The largest absolute Gasteiger partial charge is 0.489 e. The maximum absolute atomic E-state index is 12.6. The zero-order valence-electron chi connectivity index (χ0n) is 11.9. The Labute approximate surface area is 134 Å². The SMILES string of the molecule is CC(CNC(=O)c1conc1C(F)(F)F)Oc1cccc(Cl)c1. The topological polar surface area (TPSA) is 64.4 Å². The molecule has 1 heterocycles. The molecule has 0 bridgehead atoms. The lowest BCUT2D eigenvalue weighted by molar-refractivity contribution is -0.143. The smallest absolute Gasteiger partial charge is 0.437 e. The molecule has 1 aromatic heterocycles. The molecule has 0 saturated carbocycles. The zero-order chi connectivity index (χ0) is 17.0. The van der Waals surface area contributed by atoms with Gasteiger partial charge in [0.25, 0.3) is 5.91 Å². The number of carbonyl (C=O) groups is 1. The van der Waals surface area contributed by atoms with Crippen molar-refractivity contribution in [3.8, 4) is 5.75 Å². The summed E-state index contributed by atoms with van der Waals surface area (Å²) in [5, 5.41) is 5.63. The Balaban J connectivity index is 1.93. The predicted molar refractivity (Wildman–Crippen MR) is 75.4 cm³/mol. The van der Waals surface area contributed by atoms with E-state index in [1.54, 1.807) is 31.2 Å². The van der Waals surface area contributed by atoms with Crippen molar-refractivity contribution in [2.75, 3.05) is 6.54 Å². The molecule has 9 heteroatoms. The normalized spacial score (nSPS) is 12.7. The fourth-order valence-corrected chi connectivity index (χ4v) is 1.93. The summed E-state index contributed by atoms with van der Waals surface area (Å²) in [6.45, 7) is 1.65. The fourth-order valence-electron chi connectivity index (χ4n) is 1.75. The highest BCUT2D eigenvalue weighted by Gasteiger charge is 2.39. The van der Waals surface area contributed by atoms with E-state index in [2.05, 4.69) is 15.0 Å². The van der Waals surface area contributed by atoms with Gasteiger partial charge in [0.2, 0.25) is 0 Å². The number of halogens is 4. The minimum Gasteiger partial charge on any atom is -0.489 e. The van der Waals surface area contributed by atoms with Crippen LogP contribution in [0.25, 0.3) is 0 Å². The van der Waals surface area contributed by atoms with Gasteiger partial charge in [0.15, 0.2) is 5.69 Å². The van der Waals surface area contributed by atoms with Gasteiger partial charge in [-0.2, -0.15) is 13.2 Å². The summed E-state index contributed by atoms with van der Waals surface area (Å²) in [6, 6.07) is 6.62. The Morgan fingerprint density at radius 2 is 2.22 bits per heavy atom. The molecule has 0 saturated heterocycles. The lowest BCUT2D eigenvalue weighted by Gasteiger charge is -2.15. The number of aromatic nitrogens is 1. The molecule has 0 fully saturated rings. The van der Waals surface area contributed by atoms with Crippen molar-refractivity contribution in [2.24, 2.45) is 0 Å². The summed E-state index contributed by atoms with van der Waals surface area (Å²) in [6.07, 6.45) is -4.59. The van der Waals surface area contributed by atoms with Gasteiger partial charge in [-0.3, -0.25) is 4.79 Å². The van der Waals surface area contributed by atoms with Crippen LogP contribution in [0.5, 0.6) is 5.75 Å². The van der Waals surface area contributed by atoms with Gasteiger partial charge in [-0.1, -0.05) is 22.8 Å². The second kappa shape index (κ2) is 6.91. The summed E-state index contributed by atoms with van der Waals surface area (Å²) in [7, 11) is 0. The molecule has 0 aliphatic carbocycles. The third kappa shape index (κ3) is 4.62. The number of carbonyl (C=O) groups excluding carboxylic acids is 1. The number of alkyl halides is 3. The maximum atomic E-state index is 12.6. The van der Waals surface area contributed by atoms with E-state index in [4.69, 9.17) is 16.3 Å². The van der Waals surface area contributed by atoms with E-state index in [0.29, 0.717) is 17.0 Å². The first-order chi connectivity index (χ1) is 10.8. The fraction of sp³-hybridized carbons (Fsp3) is 0.286. The second-order valence-electron chi connectivity index (χ2n) is 4.67. The van der Waals surface area contributed by atoms with Crippen LogP contribution in [0.4, 0.5) is 13.2 Å². The molecular formula is C14H12ClF3N2O3. The van der Waals surface area contributed by atoms with E-state index in [1.165, 1.54) is 0 Å². The zero-order valence-corrected chi connectivity index (χ0v) is 12.6. The lowest BCUT2D eigenvalue weighted by Crippen LogP contribution is -2.34. The van der Waals surface area contributed by atoms with Gasteiger partial charge in [0, 0.05) is 5.02 Å². The number of nitrogens with zero attached hydrogens (tertiary/aromatic N) is 1. The molecule has 0 aliphatic heterocycles. The summed E-state index contributed by atoms with van der Waals surface area (Å²) < 4.78 is 47.6. The second-order valence-corrected chi connectivity index (χ2v) is 5.11. The minimum absolute atomic E-state index is 0.00613. The first-order valence-corrected chi connectivity index (χ1v) is 6.87. The van der Waals surface area contributed by atoms with Crippen molar-refractivity contribution in [2.45, 2.75) is 19.2 Å². The number of nitrogens with one attached hydrogen (secondary N) is 1. The van der Waals surface area contributed by atoms with Gasteiger partial charge >= 0.3 is 6.18 Å². The number of hydrogen-bond donors (Lipinski definition) is 1. The highest BCUT2D eigenvalue weighted by Crippen LogP contribution is 2.30. The average Bonchev–Trinajstić information content (AvgIpc) is 2.94. The van der Waals surface area contributed by atoms with Crippen LogP contribution in [-0.2, 0) is 6.18 Å². The summed E-state index contributed by atoms with van der Waals surface area (Å²) >= 11 is 5.81. The number of amides is 1. The molecule has 1 atom stereocenters. The van der Waals surface area contributed by atoms with E-state index in [1.807, 2.05) is 0 Å². The van der Waals surface area contributed by atoms with E-state index < -0.39 is 29.4 Å². The third-order valence-electron chi connectivity index (χ3n) is 2.77. The molecule has 0 spiro atoms. The van der Waals surface area contributed by atoms with Crippen molar-refractivity contribution < 1.29 is 27.2 Å². The lowest BCUT2D eigenvalue weighted by atomic mass is 10.2. The Morgan fingerprint density at radius 3 is 2.87 bits per heavy atom. The van der Waals surface area contributed by atoms with Crippen LogP contribution < -0.4 is 10.1 Å². The van der Waals surface area contributed by atoms with Crippen LogP contribution in [0.2, 0.25) is 5.02 Å². The van der Waals surface area contributed by atoms with E-state index in [-0.39, 0.29) is 6.54 Å². The predicted octanol–water partition coefficient (Wildman–Crippen LogP) is 3.54. The monoisotopic (exact) mass is 348 g/mol. The third-order valence-corrected chi connectivity index (χ3v) is 3.00. The van der Waals surface area contributed by atoms with Crippen LogP contribution in [-0.4, -0.2) is 23.7 Å². The van der Waals surface area contributed by atoms with Gasteiger partial charge in [0.05, 0.1) is 6.54 Å². The van der Waals surface area contributed by atoms with Crippen molar-refractivity contribution in [3.05, 3.63) is 46.8 Å². The van der Waals surface area contributed by atoms with Gasteiger partial charge < -0.3 is 14.6 Å². The van der Waals surface area contributed by atoms with Gasteiger partial charge in [-0.15, -0.1) is 0 Å². The number of ether oxygens (including phenoxy) is 1. The number of benzene rings is 1. The molecule has 1 unspecified atom stereocenters. The molecule has 0 aliphatic rings. The number of hydrogen-bond acceptors (Lipinski definition) is 4. The van der Waals surface area contributed by atoms with E-state index >= 15 is 0 Å². The Kier molecular flexibility index (Phi) is 5.15. The highest BCUT2D eigenvalue weighted by molar-refractivity contribution is 6.30. The van der Waals surface area contributed by atoms with Crippen LogP contribution in [0, 0.1) is 0 Å². The van der Waals surface area contributed by atoms with Crippen molar-refractivity contribution in [3.63, 3.8) is 0 Å². The molecular weight excluding hydrogens is 337 g/mol. The molecule has 1 aromatic carbocycles. The molecule has 2 rings (SSSR count).